The highest BCUT2D eigenvalue weighted by molar-refractivity contribution is 5.82. The summed E-state index contributed by atoms with van der Waals surface area (Å²) in [7, 11) is 0. The molecule has 2 aliphatic carbocycles. The number of nitrogens with zero attached hydrogens (tertiary/aromatic N) is 3. The fourth-order valence-electron chi connectivity index (χ4n) is 6.01. The summed E-state index contributed by atoms with van der Waals surface area (Å²) in [5.41, 5.74) is 4.34. The molecule has 2 aliphatic rings. The average molecular weight is 615 g/mol. The van der Waals surface area contributed by atoms with Gasteiger partial charge in [0.05, 0.1) is 24.0 Å². The summed E-state index contributed by atoms with van der Waals surface area (Å²) in [6.07, 6.45) is 8.26. The number of nitriles is 1. The van der Waals surface area contributed by atoms with Gasteiger partial charge in [-0.15, -0.1) is 0 Å². The van der Waals surface area contributed by atoms with Crippen LogP contribution in [0.3, 0.4) is 0 Å². The molecule has 0 radical (unpaired) electrons. The molecule has 2 aromatic heterocycles. The molecule has 0 bridgehead atoms. The van der Waals surface area contributed by atoms with E-state index in [2.05, 4.69) is 34.0 Å². The van der Waals surface area contributed by atoms with Crippen molar-refractivity contribution in [3.63, 3.8) is 0 Å². The van der Waals surface area contributed by atoms with Gasteiger partial charge in [0.2, 0.25) is 0 Å². The molecule has 2 fully saturated rings. The van der Waals surface area contributed by atoms with Crippen molar-refractivity contribution in [3.05, 3.63) is 47.7 Å². The Hall–Kier alpha value is -3.98. The molecule has 5 rings (SSSR count). The Balaban J connectivity index is 0.000000566. The molecule has 0 unspecified atom stereocenters. The van der Waals surface area contributed by atoms with Crippen LogP contribution in [-0.2, 0) is 4.79 Å². The minimum atomic E-state index is -5.08. The Morgan fingerprint density at radius 2 is 1.70 bits per heavy atom. The van der Waals surface area contributed by atoms with Gasteiger partial charge in [-0.1, -0.05) is 19.3 Å². The number of aromatic nitrogens is 2. The van der Waals surface area contributed by atoms with Crippen LogP contribution in [0.4, 0.5) is 30.4 Å². The van der Waals surface area contributed by atoms with Crippen LogP contribution < -0.4 is 20.7 Å². The second-order valence-corrected chi connectivity index (χ2v) is 11.5. The summed E-state index contributed by atoms with van der Waals surface area (Å²) < 4.78 is 39.2. The Kier molecular flexibility index (Phi) is 11.3. The van der Waals surface area contributed by atoms with Gasteiger partial charge in [-0.3, -0.25) is 0 Å². The van der Waals surface area contributed by atoms with E-state index in [9.17, 15) is 18.4 Å². The van der Waals surface area contributed by atoms with Crippen molar-refractivity contribution in [3.8, 4) is 11.8 Å². The molecule has 0 atom stereocenters. The molecule has 0 spiro atoms. The molecule has 2 heterocycles. The smallest absolute Gasteiger partial charge is 0.490 e. The zero-order valence-corrected chi connectivity index (χ0v) is 25.2. The van der Waals surface area contributed by atoms with Crippen molar-refractivity contribution < 1.29 is 27.8 Å². The maximum atomic E-state index is 10.6. The Bertz CT molecular complexity index is 1420. The molecule has 0 saturated heterocycles. The van der Waals surface area contributed by atoms with Gasteiger partial charge < -0.3 is 25.8 Å². The Morgan fingerprint density at radius 3 is 2.30 bits per heavy atom. The summed E-state index contributed by atoms with van der Waals surface area (Å²) in [5, 5.41) is 33.0. The number of carboxylic acid groups (broad SMARTS) is 1. The van der Waals surface area contributed by atoms with Crippen LogP contribution in [0, 0.1) is 24.2 Å². The Labute approximate surface area is 255 Å². The molecular weight excluding hydrogens is 573 g/mol. The molecule has 3 aromatic rings. The number of rotatable bonds is 9. The van der Waals surface area contributed by atoms with Gasteiger partial charge in [0.15, 0.2) is 0 Å². The third-order valence-electron chi connectivity index (χ3n) is 8.37. The second-order valence-electron chi connectivity index (χ2n) is 11.5. The minimum Gasteiger partial charge on any atom is -0.494 e. The topological polar surface area (TPSA) is 124 Å². The Morgan fingerprint density at radius 1 is 1.07 bits per heavy atom. The van der Waals surface area contributed by atoms with Crippen LogP contribution in [0.2, 0.25) is 0 Å². The number of halogens is 3. The lowest BCUT2D eigenvalue weighted by Gasteiger charge is -2.33. The maximum absolute atomic E-state index is 10.6. The van der Waals surface area contributed by atoms with Gasteiger partial charge in [0.1, 0.15) is 23.2 Å². The highest BCUT2D eigenvalue weighted by atomic mass is 19.4. The number of carbonyl (C=O) groups is 1. The molecule has 9 nitrogen and oxygen atoms in total. The van der Waals surface area contributed by atoms with Crippen LogP contribution in [0.1, 0.15) is 75.8 Å². The molecule has 0 aliphatic heterocycles. The number of pyridine rings is 1. The highest BCUT2D eigenvalue weighted by Crippen LogP contribution is 2.35. The van der Waals surface area contributed by atoms with E-state index in [0.29, 0.717) is 24.3 Å². The monoisotopic (exact) mass is 614 g/mol. The van der Waals surface area contributed by atoms with Gasteiger partial charge in [0, 0.05) is 23.3 Å². The van der Waals surface area contributed by atoms with Crippen molar-refractivity contribution >= 4 is 28.7 Å². The zero-order valence-electron chi connectivity index (χ0n) is 25.2. The predicted octanol–water partition coefficient (Wildman–Crippen LogP) is 7.18. The average Bonchev–Trinajstić information content (AvgIpc) is 3.50. The maximum Gasteiger partial charge on any atom is 0.490 e. The number of hydrogen-bond donors (Lipinski definition) is 4. The molecule has 44 heavy (non-hydrogen) atoms. The normalized spacial score (nSPS) is 19.0. The summed E-state index contributed by atoms with van der Waals surface area (Å²) in [4.78, 5) is 8.90. The first-order valence-corrected chi connectivity index (χ1v) is 15.3. The van der Waals surface area contributed by atoms with Crippen LogP contribution in [0.5, 0.6) is 5.75 Å². The summed E-state index contributed by atoms with van der Waals surface area (Å²) in [5.74, 6) is -0.171. The van der Waals surface area contributed by atoms with Crippen molar-refractivity contribution in [2.45, 2.75) is 89.9 Å². The molecule has 1 aromatic carbocycles. The number of hydrogen-bond acceptors (Lipinski definition) is 7. The third kappa shape index (κ3) is 8.56. The molecule has 2 saturated carbocycles. The lowest BCUT2D eigenvalue weighted by Crippen LogP contribution is -2.39. The fraction of sp³-hybridized carbons (Fsp3) is 0.531. The van der Waals surface area contributed by atoms with Crippen LogP contribution in [0.25, 0.3) is 5.52 Å². The molecule has 238 valence electrons. The van der Waals surface area contributed by atoms with Crippen LogP contribution in [-0.4, -0.2) is 52.1 Å². The van der Waals surface area contributed by atoms with Gasteiger partial charge in [-0.25, -0.2) is 9.31 Å². The summed E-state index contributed by atoms with van der Waals surface area (Å²) in [6, 6.07) is 13.3. The zero-order chi connectivity index (χ0) is 31.7. The number of aliphatic carboxylic acids is 1. The van der Waals surface area contributed by atoms with Gasteiger partial charge in [-0.05, 0) is 95.2 Å². The number of nitrogens with one attached hydrogen (secondary N) is 3. The van der Waals surface area contributed by atoms with E-state index in [-0.39, 0.29) is 0 Å². The minimum absolute atomic E-state index is 0.363. The lowest BCUT2D eigenvalue weighted by atomic mass is 9.87. The number of carboxylic acids is 1. The first kappa shape index (κ1) is 32.9. The van der Waals surface area contributed by atoms with E-state index in [4.69, 9.17) is 14.6 Å². The fourth-order valence-corrected chi connectivity index (χ4v) is 6.01. The number of fused-ring (bicyclic) bond motifs is 1. The predicted molar refractivity (Wildman–Crippen MR) is 163 cm³/mol. The second kappa shape index (κ2) is 15.1. The first-order valence-electron chi connectivity index (χ1n) is 15.3. The SMILES string of the molecule is CCOc1ccc(Nc2c(C)c(NC3CCC(NCC4CCCCC4)CC3)c(C#N)c3ccnn23)cc1.O=C(O)C(F)(F)F. The molecule has 12 heteroatoms. The largest absolute Gasteiger partial charge is 0.494 e. The van der Waals surface area contributed by atoms with Crippen molar-refractivity contribution in [2.24, 2.45) is 5.92 Å². The lowest BCUT2D eigenvalue weighted by molar-refractivity contribution is -0.192. The standard InChI is InChI=1S/C30H40N6O.C2HF3O2/c1-3-37-26-15-13-25(14-16-26)35-30-21(2)29(27(19-31)28-17-18-33-36(28)30)34-24-11-9-23(10-12-24)32-20-22-7-5-4-6-8-22;3-2(4,5)1(6)7/h13-18,22-24,32,34-35H,3-12,20H2,1-2H3;(H,6,7). The number of ether oxygens (including phenoxy) is 1. The third-order valence-corrected chi connectivity index (χ3v) is 8.37. The molecule has 4 N–H and O–H groups in total. The number of alkyl halides is 3. The van der Waals surface area contributed by atoms with Crippen molar-refractivity contribution in [1.82, 2.24) is 14.9 Å². The van der Waals surface area contributed by atoms with E-state index >= 15 is 0 Å². The van der Waals surface area contributed by atoms with E-state index in [1.807, 2.05) is 41.8 Å². The quantitative estimate of drug-likeness (QED) is 0.200. The number of anilines is 3. The van der Waals surface area contributed by atoms with Gasteiger partial charge >= 0.3 is 12.1 Å². The van der Waals surface area contributed by atoms with Crippen molar-refractivity contribution in [2.75, 3.05) is 23.8 Å². The van der Waals surface area contributed by atoms with E-state index in [1.165, 1.54) is 51.5 Å². The van der Waals surface area contributed by atoms with E-state index < -0.39 is 12.1 Å². The van der Waals surface area contributed by atoms with E-state index in [0.717, 1.165) is 52.8 Å². The van der Waals surface area contributed by atoms with Gasteiger partial charge in [0.25, 0.3) is 0 Å². The highest BCUT2D eigenvalue weighted by Gasteiger charge is 2.38. The van der Waals surface area contributed by atoms with Crippen LogP contribution in [0.15, 0.2) is 36.5 Å². The summed E-state index contributed by atoms with van der Waals surface area (Å²) >= 11 is 0. The van der Waals surface area contributed by atoms with Crippen LogP contribution >= 0.6 is 0 Å². The summed E-state index contributed by atoms with van der Waals surface area (Å²) in [6.45, 7) is 5.87. The van der Waals surface area contributed by atoms with Crippen molar-refractivity contribution in [1.29, 1.82) is 5.26 Å². The van der Waals surface area contributed by atoms with E-state index in [1.54, 1.807) is 6.20 Å². The number of benzene rings is 1. The molecular formula is C32H41F3N6O3. The first-order chi connectivity index (χ1) is 21.1. The van der Waals surface area contributed by atoms with Gasteiger partial charge in [-0.2, -0.15) is 23.5 Å². The molecule has 0 amide bonds.